The van der Waals surface area contributed by atoms with Crippen LogP contribution >= 0.6 is 11.3 Å². The second-order valence-electron chi connectivity index (χ2n) is 8.15. The normalized spacial score (nSPS) is 35.4. The number of nitrogens with zero attached hydrogens (tertiary/aromatic N) is 1. The zero-order valence-corrected chi connectivity index (χ0v) is 17.6. The van der Waals surface area contributed by atoms with Gasteiger partial charge < -0.3 is 34.3 Å². The molecule has 10 nitrogen and oxygen atoms in total. The predicted octanol–water partition coefficient (Wildman–Crippen LogP) is 0.983. The lowest BCUT2D eigenvalue weighted by Crippen LogP contribution is -2.60. The first-order chi connectivity index (χ1) is 13.5. The highest BCUT2D eigenvalue weighted by Crippen LogP contribution is 2.44. The van der Waals surface area contributed by atoms with Crippen molar-refractivity contribution in [1.29, 1.82) is 0 Å². The van der Waals surface area contributed by atoms with Crippen molar-refractivity contribution < 1.29 is 33.3 Å². The van der Waals surface area contributed by atoms with Gasteiger partial charge >= 0.3 is 0 Å². The molecule has 4 rings (SSSR count). The number of hydrogen-bond donors (Lipinski definition) is 2. The lowest BCUT2D eigenvalue weighted by molar-refractivity contribution is -0.231. The van der Waals surface area contributed by atoms with E-state index in [-0.39, 0.29) is 5.91 Å². The highest BCUT2D eigenvalue weighted by molar-refractivity contribution is 7.13. The standard InChI is InChI=1S/C18H25N3O7S/c1-8(13(22)21-16-19-6-7-29-16)20-14(23)11-9-10(26-17(2,3)25-9)12-15(24-11)28-18(4,5)27-12/h6-12,15H,1-5H3,(H,20,23)(H,19,21,22)/t8-,9+,10+,11+,12+,15+/m0/s1. The monoisotopic (exact) mass is 427 g/mol. The molecule has 4 heterocycles. The third kappa shape index (κ3) is 4.16. The van der Waals surface area contributed by atoms with Crippen molar-refractivity contribution in [2.24, 2.45) is 0 Å². The predicted molar refractivity (Wildman–Crippen MR) is 101 cm³/mol. The molecule has 0 radical (unpaired) electrons. The molecule has 0 aliphatic carbocycles. The molecule has 6 atom stereocenters. The van der Waals surface area contributed by atoms with Gasteiger partial charge in [0.05, 0.1) is 0 Å². The Labute approximate surface area is 172 Å². The number of ether oxygens (including phenoxy) is 5. The van der Waals surface area contributed by atoms with E-state index < -0.39 is 54.2 Å². The SMILES string of the molecule is C[C@H](NC(=O)[C@@H]1O[C@@H]2OC(C)(C)O[C@@H]2[C@@H]2OC(C)(C)O[C@H]21)C(=O)Nc1nccs1. The van der Waals surface area contributed by atoms with E-state index in [4.69, 9.17) is 23.7 Å². The Morgan fingerprint density at radius 2 is 1.72 bits per heavy atom. The summed E-state index contributed by atoms with van der Waals surface area (Å²) in [6, 6.07) is -0.807. The summed E-state index contributed by atoms with van der Waals surface area (Å²) in [7, 11) is 0. The van der Waals surface area contributed by atoms with Gasteiger partial charge in [-0.05, 0) is 34.6 Å². The maximum atomic E-state index is 13.0. The fourth-order valence-electron chi connectivity index (χ4n) is 3.68. The molecule has 3 fully saturated rings. The largest absolute Gasteiger partial charge is 0.342 e. The zero-order chi connectivity index (χ0) is 21.0. The van der Waals surface area contributed by atoms with Crippen molar-refractivity contribution in [3.8, 4) is 0 Å². The number of aromatic nitrogens is 1. The van der Waals surface area contributed by atoms with Gasteiger partial charge in [0.15, 0.2) is 29.1 Å². The molecule has 2 N–H and O–H groups in total. The summed E-state index contributed by atoms with van der Waals surface area (Å²) in [5.41, 5.74) is 0. The lowest BCUT2D eigenvalue weighted by atomic mass is 9.98. The van der Waals surface area contributed by atoms with Gasteiger partial charge in [0, 0.05) is 11.6 Å². The number of hydrogen-bond acceptors (Lipinski definition) is 9. The zero-order valence-electron chi connectivity index (χ0n) is 16.8. The molecule has 3 aliphatic heterocycles. The molecule has 11 heteroatoms. The number of carbonyl (C=O) groups is 2. The molecule has 3 saturated heterocycles. The first-order valence-electron chi connectivity index (χ1n) is 9.42. The van der Waals surface area contributed by atoms with E-state index in [9.17, 15) is 9.59 Å². The molecule has 0 bridgehead atoms. The van der Waals surface area contributed by atoms with Crippen LogP contribution in [-0.2, 0) is 33.3 Å². The van der Waals surface area contributed by atoms with Crippen LogP contribution in [0.25, 0.3) is 0 Å². The molecule has 1 aromatic heterocycles. The molecular formula is C18H25N3O7S. The minimum Gasteiger partial charge on any atom is -0.342 e. The summed E-state index contributed by atoms with van der Waals surface area (Å²) in [5, 5.41) is 7.53. The second-order valence-corrected chi connectivity index (χ2v) is 9.04. The van der Waals surface area contributed by atoms with Crippen LogP contribution in [0.15, 0.2) is 11.6 Å². The molecule has 0 unspecified atom stereocenters. The van der Waals surface area contributed by atoms with E-state index in [1.54, 1.807) is 46.2 Å². The molecule has 1 aromatic rings. The average Bonchev–Trinajstić information content (AvgIpc) is 3.29. The molecule has 0 spiro atoms. The number of nitrogens with one attached hydrogen (secondary N) is 2. The Morgan fingerprint density at radius 1 is 1.07 bits per heavy atom. The van der Waals surface area contributed by atoms with Gasteiger partial charge in [-0.2, -0.15) is 0 Å². The van der Waals surface area contributed by atoms with Gasteiger partial charge in [-0.15, -0.1) is 11.3 Å². The van der Waals surface area contributed by atoms with Crippen LogP contribution in [0.1, 0.15) is 34.6 Å². The summed E-state index contributed by atoms with van der Waals surface area (Å²) < 4.78 is 29.5. The number of thiazole rings is 1. The first kappa shape index (κ1) is 20.6. The summed E-state index contributed by atoms with van der Waals surface area (Å²) in [6.07, 6.45) is -1.97. The fourth-order valence-corrected chi connectivity index (χ4v) is 4.22. The van der Waals surface area contributed by atoms with E-state index in [1.807, 2.05) is 0 Å². The Kier molecular flexibility index (Phi) is 5.16. The van der Waals surface area contributed by atoms with Crippen molar-refractivity contribution in [2.75, 3.05) is 5.32 Å². The molecule has 2 amide bonds. The van der Waals surface area contributed by atoms with Gasteiger partial charge in [-0.25, -0.2) is 4.98 Å². The van der Waals surface area contributed by atoms with Crippen molar-refractivity contribution in [2.45, 2.75) is 82.9 Å². The summed E-state index contributed by atoms with van der Waals surface area (Å²) in [4.78, 5) is 29.3. The highest BCUT2D eigenvalue weighted by Gasteiger charge is 2.62. The highest BCUT2D eigenvalue weighted by atomic mass is 32.1. The van der Waals surface area contributed by atoms with Gasteiger partial charge in [0.2, 0.25) is 5.91 Å². The van der Waals surface area contributed by atoms with Gasteiger partial charge in [0.25, 0.3) is 5.91 Å². The maximum Gasteiger partial charge on any atom is 0.252 e. The summed E-state index contributed by atoms with van der Waals surface area (Å²) >= 11 is 1.29. The topological polar surface area (TPSA) is 117 Å². The van der Waals surface area contributed by atoms with Crippen molar-refractivity contribution in [1.82, 2.24) is 10.3 Å². The summed E-state index contributed by atoms with van der Waals surface area (Å²) in [6.45, 7) is 8.65. The van der Waals surface area contributed by atoms with E-state index in [1.165, 1.54) is 11.3 Å². The average molecular weight is 427 g/mol. The van der Waals surface area contributed by atoms with Gasteiger partial charge in [0.1, 0.15) is 24.4 Å². The van der Waals surface area contributed by atoms with Crippen molar-refractivity contribution in [3.63, 3.8) is 0 Å². The lowest BCUT2D eigenvalue weighted by Gasteiger charge is -2.36. The fraction of sp³-hybridized carbons (Fsp3) is 0.722. The number of rotatable bonds is 4. The van der Waals surface area contributed by atoms with Crippen LogP contribution in [0, 0.1) is 0 Å². The summed E-state index contributed by atoms with van der Waals surface area (Å²) in [5.74, 6) is -2.66. The number of anilines is 1. The first-order valence-corrected chi connectivity index (χ1v) is 10.3. The quantitative estimate of drug-likeness (QED) is 0.730. The van der Waals surface area contributed by atoms with Crippen LogP contribution in [0.5, 0.6) is 0 Å². The van der Waals surface area contributed by atoms with Crippen molar-refractivity contribution >= 4 is 28.3 Å². The Balaban J connectivity index is 1.46. The van der Waals surface area contributed by atoms with Gasteiger partial charge in [-0.3, -0.25) is 9.59 Å². The third-order valence-electron chi connectivity index (χ3n) is 4.83. The maximum absolute atomic E-state index is 13.0. The minimum absolute atomic E-state index is 0.385. The smallest absolute Gasteiger partial charge is 0.252 e. The second kappa shape index (κ2) is 7.25. The van der Waals surface area contributed by atoms with Crippen LogP contribution in [0.4, 0.5) is 5.13 Å². The number of fused-ring (bicyclic) bond motifs is 3. The van der Waals surface area contributed by atoms with Crippen LogP contribution in [0.2, 0.25) is 0 Å². The van der Waals surface area contributed by atoms with E-state index in [0.717, 1.165) is 0 Å². The molecular weight excluding hydrogens is 402 g/mol. The Hall–Kier alpha value is -1.63. The minimum atomic E-state index is -1.02. The van der Waals surface area contributed by atoms with Gasteiger partial charge in [-0.1, -0.05) is 0 Å². The van der Waals surface area contributed by atoms with Crippen LogP contribution in [0.3, 0.4) is 0 Å². The van der Waals surface area contributed by atoms with Crippen molar-refractivity contribution in [3.05, 3.63) is 11.6 Å². The van der Waals surface area contributed by atoms with E-state index in [2.05, 4.69) is 15.6 Å². The van der Waals surface area contributed by atoms with E-state index >= 15 is 0 Å². The third-order valence-corrected chi connectivity index (χ3v) is 5.52. The van der Waals surface area contributed by atoms with Crippen LogP contribution < -0.4 is 10.6 Å². The molecule has 0 saturated carbocycles. The molecule has 0 aromatic carbocycles. The molecule has 3 aliphatic rings. The van der Waals surface area contributed by atoms with E-state index in [0.29, 0.717) is 5.13 Å². The number of amides is 2. The molecule has 160 valence electrons. The van der Waals surface area contributed by atoms with Crippen LogP contribution in [-0.4, -0.2) is 65.1 Å². The Bertz CT molecular complexity index is 784. The molecule has 29 heavy (non-hydrogen) atoms. The Morgan fingerprint density at radius 3 is 2.41 bits per heavy atom. The number of carbonyl (C=O) groups excluding carboxylic acids is 2.